The first-order chi connectivity index (χ1) is 9.70. The Kier molecular flexibility index (Phi) is 3.66. The van der Waals surface area contributed by atoms with Gasteiger partial charge in [-0.2, -0.15) is 0 Å². The van der Waals surface area contributed by atoms with Crippen molar-refractivity contribution in [3.63, 3.8) is 0 Å². The van der Waals surface area contributed by atoms with Gasteiger partial charge in [0.05, 0.1) is 0 Å². The number of urea groups is 1. The molecule has 3 amide bonds. The number of nitrogens with zero attached hydrogens (tertiary/aromatic N) is 1. The average Bonchev–Trinajstić information content (AvgIpc) is 2.63. The third kappa shape index (κ3) is 2.58. The maximum Gasteiger partial charge on any atom is 0.325 e. The second-order valence-corrected chi connectivity index (χ2v) is 6.59. The summed E-state index contributed by atoms with van der Waals surface area (Å²) < 4.78 is 0. The molecule has 1 fully saturated rings. The highest BCUT2D eigenvalue weighted by Crippen LogP contribution is 2.30. The number of hydrogen-bond donors (Lipinski definition) is 1. The third-order valence-electron chi connectivity index (χ3n) is 3.91. The summed E-state index contributed by atoms with van der Waals surface area (Å²) in [5.41, 5.74) is 1.03. The van der Waals surface area contributed by atoms with Crippen molar-refractivity contribution in [2.75, 3.05) is 6.54 Å². The molecule has 0 radical (unpaired) electrons. The van der Waals surface area contributed by atoms with Crippen LogP contribution in [0.25, 0.3) is 0 Å². The Balaban J connectivity index is 2.35. The molecule has 0 bridgehead atoms. The number of carbonyl (C=O) groups excluding carboxylic acids is 2. The molecular formula is C17H22N2O2. The van der Waals surface area contributed by atoms with E-state index in [2.05, 4.69) is 32.7 Å². The first-order valence-electron chi connectivity index (χ1n) is 7.06. The van der Waals surface area contributed by atoms with Gasteiger partial charge in [-0.15, -0.1) is 6.58 Å². The lowest BCUT2D eigenvalue weighted by Crippen LogP contribution is -2.41. The summed E-state index contributed by atoms with van der Waals surface area (Å²) in [6, 6.07) is 7.47. The van der Waals surface area contributed by atoms with Crippen molar-refractivity contribution >= 4 is 11.9 Å². The second kappa shape index (κ2) is 5.02. The van der Waals surface area contributed by atoms with Gasteiger partial charge in [-0.3, -0.25) is 9.69 Å². The van der Waals surface area contributed by atoms with E-state index in [1.807, 2.05) is 24.3 Å². The molecule has 1 aromatic carbocycles. The Bertz CT molecular complexity index is 584. The monoisotopic (exact) mass is 286 g/mol. The number of carbonyl (C=O) groups is 2. The van der Waals surface area contributed by atoms with E-state index in [1.54, 1.807) is 13.0 Å². The molecule has 1 aliphatic heterocycles. The summed E-state index contributed by atoms with van der Waals surface area (Å²) in [5.74, 6) is -0.240. The minimum atomic E-state index is -1.00. The lowest BCUT2D eigenvalue weighted by atomic mass is 9.84. The van der Waals surface area contributed by atoms with E-state index in [0.29, 0.717) is 0 Å². The smallest absolute Gasteiger partial charge is 0.319 e. The van der Waals surface area contributed by atoms with Crippen LogP contribution >= 0.6 is 0 Å². The zero-order valence-corrected chi connectivity index (χ0v) is 13.1. The molecule has 0 aliphatic carbocycles. The Labute approximate surface area is 125 Å². The predicted octanol–water partition coefficient (Wildman–Crippen LogP) is 2.94. The third-order valence-corrected chi connectivity index (χ3v) is 3.91. The molecule has 1 heterocycles. The quantitative estimate of drug-likeness (QED) is 0.686. The van der Waals surface area contributed by atoms with Crippen LogP contribution in [0.5, 0.6) is 0 Å². The van der Waals surface area contributed by atoms with Crippen molar-refractivity contribution in [3.05, 3.63) is 48.0 Å². The molecule has 2 rings (SSSR count). The second-order valence-electron chi connectivity index (χ2n) is 6.59. The highest BCUT2D eigenvalue weighted by molar-refractivity contribution is 6.07. The number of rotatable bonds is 3. The number of benzene rings is 1. The summed E-state index contributed by atoms with van der Waals surface area (Å²) in [5, 5.41) is 2.78. The van der Waals surface area contributed by atoms with Gasteiger partial charge in [0, 0.05) is 6.54 Å². The van der Waals surface area contributed by atoms with Crippen molar-refractivity contribution < 1.29 is 9.59 Å². The Morgan fingerprint density at radius 1 is 1.24 bits per heavy atom. The lowest BCUT2D eigenvalue weighted by Gasteiger charge is -2.24. The largest absolute Gasteiger partial charge is 0.325 e. The Hall–Kier alpha value is -2.10. The van der Waals surface area contributed by atoms with Crippen LogP contribution in [0.1, 0.15) is 38.8 Å². The molecule has 1 aliphatic rings. The van der Waals surface area contributed by atoms with E-state index in [4.69, 9.17) is 0 Å². The average molecular weight is 286 g/mol. The van der Waals surface area contributed by atoms with Gasteiger partial charge in [0.25, 0.3) is 5.91 Å². The maximum absolute atomic E-state index is 12.5. The molecule has 0 aromatic heterocycles. The molecule has 1 atom stereocenters. The SMILES string of the molecule is C=CCN1C(=O)NC(C)(c2ccc(C(C)(C)C)cc2)C1=O. The predicted molar refractivity (Wildman–Crippen MR) is 82.9 cm³/mol. The molecule has 0 spiro atoms. The fourth-order valence-corrected chi connectivity index (χ4v) is 2.49. The van der Waals surface area contributed by atoms with Gasteiger partial charge in [-0.25, -0.2) is 4.79 Å². The number of hydrogen-bond acceptors (Lipinski definition) is 2. The van der Waals surface area contributed by atoms with E-state index in [1.165, 1.54) is 10.5 Å². The highest BCUT2D eigenvalue weighted by Gasteiger charge is 2.48. The van der Waals surface area contributed by atoms with Crippen LogP contribution in [0, 0.1) is 0 Å². The van der Waals surface area contributed by atoms with Gasteiger partial charge < -0.3 is 5.32 Å². The van der Waals surface area contributed by atoms with Gasteiger partial charge in [0.1, 0.15) is 5.54 Å². The lowest BCUT2D eigenvalue weighted by molar-refractivity contribution is -0.130. The van der Waals surface area contributed by atoms with Gasteiger partial charge in [-0.05, 0) is 23.5 Å². The van der Waals surface area contributed by atoms with E-state index < -0.39 is 5.54 Å². The van der Waals surface area contributed by atoms with Crippen LogP contribution < -0.4 is 5.32 Å². The van der Waals surface area contributed by atoms with Gasteiger partial charge in [0.2, 0.25) is 0 Å². The molecule has 0 saturated carbocycles. The van der Waals surface area contributed by atoms with Crippen molar-refractivity contribution in [3.8, 4) is 0 Å². The molecule has 1 aromatic rings. The molecule has 112 valence electrons. The number of nitrogens with one attached hydrogen (secondary N) is 1. The molecule has 21 heavy (non-hydrogen) atoms. The van der Waals surface area contributed by atoms with E-state index in [9.17, 15) is 9.59 Å². The molecule has 1 N–H and O–H groups in total. The van der Waals surface area contributed by atoms with Crippen molar-refractivity contribution in [1.82, 2.24) is 10.2 Å². The van der Waals surface area contributed by atoms with Gasteiger partial charge >= 0.3 is 6.03 Å². The minimum absolute atomic E-state index is 0.0528. The summed E-state index contributed by atoms with van der Waals surface area (Å²) in [4.78, 5) is 25.6. The Morgan fingerprint density at radius 2 is 1.81 bits per heavy atom. The summed E-state index contributed by atoms with van der Waals surface area (Å²) in [7, 11) is 0. The van der Waals surface area contributed by atoms with Crippen molar-refractivity contribution in [1.29, 1.82) is 0 Å². The first kappa shape index (κ1) is 15.3. The number of imide groups is 1. The summed E-state index contributed by atoms with van der Waals surface area (Å²) in [6.07, 6.45) is 1.55. The van der Waals surface area contributed by atoms with Crippen molar-refractivity contribution in [2.24, 2.45) is 0 Å². The summed E-state index contributed by atoms with van der Waals surface area (Å²) >= 11 is 0. The van der Waals surface area contributed by atoms with Crippen LogP contribution in [-0.4, -0.2) is 23.4 Å². The minimum Gasteiger partial charge on any atom is -0.319 e. The molecule has 4 nitrogen and oxygen atoms in total. The van der Waals surface area contributed by atoms with Crippen LogP contribution in [0.4, 0.5) is 4.79 Å². The van der Waals surface area contributed by atoms with Crippen molar-refractivity contribution in [2.45, 2.75) is 38.6 Å². The molecule has 1 unspecified atom stereocenters. The fourth-order valence-electron chi connectivity index (χ4n) is 2.49. The van der Waals surface area contributed by atoms with E-state index in [0.717, 1.165) is 5.56 Å². The number of amides is 3. The zero-order valence-electron chi connectivity index (χ0n) is 13.1. The van der Waals surface area contributed by atoms with Crippen LogP contribution in [0.3, 0.4) is 0 Å². The zero-order chi connectivity index (χ0) is 15.8. The standard InChI is InChI=1S/C17H22N2O2/c1-6-11-19-14(20)17(5,18-15(19)21)13-9-7-12(8-10-13)16(2,3)4/h6-10H,1,11H2,2-5H3,(H,18,21). The van der Waals surface area contributed by atoms with Crippen LogP contribution in [0.15, 0.2) is 36.9 Å². The normalized spacial score (nSPS) is 22.4. The van der Waals surface area contributed by atoms with E-state index >= 15 is 0 Å². The highest BCUT2D eigenvalue weighted by atomic mass is 16.2. The Morgan fingerprint density at radius 3 is 2.29 bits per heavy atom. The van der Waals surface area contributed by atoms with E-state index in [-0.39, 0.29) is 23.9 Å². The van der Waals surface area contributed by atoms with Crippen LogP contribution in [-0.2, 0) is 15.7 Å². The van der Waals surface area contributed by atoms with Crippen LogP contribution in [0.2, 0.25) is 0 Å². The van der Waals surface area contributed by atoms with Gasteiger partial charge in [-0.1, -0.05) is 51.1 Å². The maximum atomic E-state index is 12.5. The summed E-state index contributed by atoms with van der Waals surface area (Å²) in [6.45, 7) is 12.0. The molecule has 4 heteroatoms. The molecule has 1 saturated heterocycles. The molecular weight excluding hydrogens is 264 g/mol. The first-order valence-corrected chi connectivity index (χ1v) is 7.06. The fraction of sp³-hybridized carbons (Fsp3) is 0.412. The topological polar surface area (TPSA) is 49.4 Å². The van der Waals surface area contributed by atoms with Gasteiger partial charge in [0.15, 0.2) is 0 Å².